The smallest absolute Gasteiger partial charge is 0.326 e. The number of amides is 1. The number of fused-ring (bicyclic) bond motifs is 1. The maximum Gasteiger partial charge on any atom is 0.326 e. The molecule has 1 unspecified atom stereocenters. The van der Waals surface area contributed by atoms with Gasteiger partial charge in [-0.25, -0.2) is 9.78 Å². The lowest BCUT2D eigenvalue weighted by Gasteiger charge is -2.13. The molecule has 11 heteroatoms. The minimum atomic E-state index is -1.28. The molecule has 1 amide bonds. The van der Waals surface area contributed by atoms with Crippen molar-refractivity contribution >= 4 is 34.8 Å². The van der Waals surface area contributed by atoms with Crippen LogP contribution in [0.5, 0.6) is 0 Å². The first-order valence-corrected chi connectivity index (χ1v) is 10.4. The van der Waals surface area contributed by atoms with E-state index in [2.05, 4.69) is 15.3 Å². The topological polar surface area (TPSA) is 180 Å². The molecular weight excluding hydrogens is 430 g/mol. The van der Waals surface area contributed by atoms with Gasteiger partial charge in [-0.1, -0.05) is 12.1 Å². The molecule has 2 aromatic heterocycles. The summed E-state index contributed by atoms with van der Waals surface area (Å²) in [6.07, 6.45) is 3.69. The van der Waals surface area contributed by atoms with Crippen molar-refractivity contribution in [1.82, 2.24) is 19.9 Å². The first-order valence-electron chi connectivity index (χ1n) is 10.4. The molecule has 0 bridgehead atoms. The van der Waals surface area contributed by atoms with Gasteiger partial charge >= 0.3 is 11.9 Å². The van der Waals surface area contributed by atoms with Gasteiger partial charge in [0.2, 0.25) is 5.95 Å². The van der Waals surface area contributed by atoms with Gasteiger partial charge in [-0.3, -0.25) is 19.4 Å². The molecular formula is C22H25N5O6. The second-order valence-corrected chi connectivity index (χ2v) is 7.64. The number of carbonyl (C=O) groups is 3. The number of rotatable bonds is 11. The van der Waals surface area contributed by atoms with Crippen LogP contribution in [0.25, 0.3) is 11.0 Å². The average molecular weight is 455 g/mol. The molecule has 33 heavy (non-hydrogen) atoms. The van der Waals surface area contributed by atoms with E-state index < -0.39 is 23.9 Å². The number of carboxylic acids is 2. The summed E-state index contributed by atoms with van der Waals surface area (Å²) in [5, 5.41) is 20.2. The molecule has 0 radical (unpaired) electrons. The SMILES string of the molecule is Nc1nc2ccn(CCCCc3ccc(C(=O)NC(CCC(=O)O)C(=O)O)cc3)c2c(=O)[nH]1. The number of aromatic nitrogens is 3. The van der Waals surface area contributed by atoms with E-state index in [0.29, 0.717) is 23.1 Å². The number of nitrogens with one attached hydrogen (secondary N) is 2. The predicted octanol–water partition coefficient (Wildman–Crippen LogP) is 1.38. The molecule has 0 aliphatic carbocycles. The van der Waals surface area contributed by atoms with Crippen molar-refractivity contribution in [3.05, 3.63) is 58.0 Å². The van der Waals surface area contributed by atoms with Crippen molar-refractivity contribution < 1.29 is 24.6 Å². The highest BCUT2D eigenvalue weighted by Gasteiger charge is 2.21. The highest BCUT2D eigenvalue weighted by molar-refractivity contribution is 5.96. The Kier molecular flexibility index (Phi) is 7.44. The van der Waals surface area contributed by atoms with Gasteiger partial charge in [0.25, 0.3) is 11.5 Å². The maximum absolute atomic E-state index is 12.3. The molecule has 6 N–H and O–H groups in total. The van der Waals surface area contributed by atoms with E-state index in [-0.39, 0.29) is 24.3 Å². The summed E-state index contributed by atoms with van der Waals surface area (Å²) in [5.74, 6) is -2.89. The molecule has 3 rings (SSSR count). The summed E-state index contributed by atoms with van der Waals surface area (Å²) in [7, 11) is 0. The average Bonchev–Trinajstić information content (AvgIpc) is 3.17. The summed E-state index contributed by atoms with van der Waals surface area (Å²) >= 11 is 0. The number of carbonyl (C=O) groups excluding carboxylic acids is 1. The van der Waals surface area contributed by atoms with Crippen molar-refractivity contribution in [2.24, 2.45) is 0 Å². The lowest BCUT2D eigenvalue weighted by Crippen LogP contribution is -2.41. The number of nitrogen functional groups attached to an aromatic ring is 1. The number of nitrogens with zero attached hydrogens (tertiary/aromatic N) is 2. The molecule has 0 aliphatic heterocycles. The number of nitrogens with two attached hydrogens (primary N) is 1. The van der Waals surface area contributed by atoms with E-state index in [9.17, 15) is 19.2 Å². The number of H-pyrrole nitrogens is 1. The fourth-order valence-electron chi connectivity index (χ4n) is 3.52. The largest absolute Gasteiger partial charge is 0.481 e. The van der Waals surface area contributed by atoms with Gasteiger partial charge in [-0.15, -0.1) is 0 Å². The number of hydrogen-bond acceptors (Lipinski definition) is 6. The molecule has 0 aliphatic rings. The van der Waals surface area contributed by atoms with Crippen LogP contribution in [-0.4, -0.2) is 48.6 Å². The van der Waals surface area contributed by atoms with Gasteiger partial charge in [0, 0.05) is 24.7 Å². The minimum absolute atomic E-state index is 0.0844. The molecule has 1 aromatic carbocycles. The Bertz CT molecular complexity index is 1210. The van der Waals surface area contributed by atoms with E-state index in [1.165, 1.54) is 0 Å². The molecule has 3 aromatic rings. The third-order valence-corrected chi connectivity index (χ3v) is 5.22. The maximum atomic E-state index is 12.3. The predicted molar refractivity (Wildman–Crippen MR) is 120 cm³/mol. The standard InChI is InChI=1S/C22H25N5O6/c23-22-25-15-10-12-27(18(15)20(31)26-22)11-2-1-3-13-4-6-14(7-5-13)19(30)24-16(21(32)33)8-9-17(28)29/h4-7,10,12,16H,1-3,8-9,11H2,(H,24,30)(H,28,29)(H,32,33)(H3,23,25,26,31). The number of anilines is 1. The van der Waals surface area contributed by atoms with Gasteiger partial charge in [-0.2, -0.15) is 0 Å². The number of hydrogen-bond donors (Lipinski definition) is 5. The van der Waals surface area contributed by atoms with E-state index in [4.69, 9.17) is 15.9 Å². The van der Waals surface area contributed by atoms with Crippen LogP contribution < -0.4 is 16.6 Å². The van der Waals surface area contributed by atoms with Gasteiger partial charge in [0.05, 0.1) is 5.52 Å². The van der Waals surface area contributed by atoms with Crippen LogP contribution in [0.15, 0.2) is 41.3 Å². The fourth-order valence-corrected chi connectivity index (χ4v) is 3.52. The molecule has 0 saturated carbocycles. The zero-order valence-electron chi connectivity index (χ0n) is 17.8. The Hall–Kier alpha value is -4.15. The molecule has 2 heterocycles. The number of aromatic amines is 1. The molecule has 1 atom stereocenters. The number of carboxylic acid groups (broad SMARTS) is 2. The van der Waals surface area contributed by atoms with Crippen molar-refractivity contribution in [2.45, 2.75) is 44.7 Å². The second kappa shape index (κ2) is 10.4. The van der Waals surface area contributed by atoms with Gasteiger partial charge in [-0.05, 0) is 49.4 Å². The molecule has 174 valence electrons. The summed E-state index contributed by atoms with van der Waals surface area (Å²) in [4.78, 5) is 52.9. The van der Waals surface area contributed by atoms with Gasteiger partial charge < -0.3 is 25.8 Å². The summed E-state index contributed by atoms with van der Waals surface area (Å²) in [6, 6.07) is 7.29. The van der Waals surface area contributed by atoms with Crippen LogP contribution in [-0.2, 0) is 22.6 Å². The van der Waals surface area contributed by atoms with Gasteiger partial charge in [0.15, 0.2) is 0 Å². The van der Waals surface area contributed by atoms with Gasteiger partial charge in [0.1, 0.15) is 11.6 Å². The van der Waals surface area contributed by atoms with Crippen LogP contribution >= 0.6 is 0 Å². The molecule has 0 spiro atoms. The van der Waals surface area contributed by atoms with Crippen LogP contribution in [0.1, 0.15) is 41.6 Å². The fraction of sp³-hybridized carbons (Fsp3) is 0.318. The van der Waals surface area contributed by atoms with Crippen LogP contribution in [0.2, 0.25) is 0 Å². The van der Waals surface area contributed by atoms with Crippen molar-refractivity contribution in [3.63, 3.8) is 0 Å². The number of benzene rings is 1. The summed E-state index contributed by atoms with van der Waals surface area (Å²) in [5.41, 5.74) is 7.64. The number of unbranched alkanes of at least 4 members (excludes halogenated alkanes) is 1. The van der Waals surface area contributed by atoms with E-state index in [0.717, 1.165) is 24.8 Å². The van der Waals surface area contributed by atoms with Crippen LogP contribution in [0, 0.1) is 0 Å². The zero-order chi connectivity index (χ0) is 24.0. The highest BCUT2D eigenvalue weighted by Crippen LogP contribution is 2.13. The van der Waals surface area contributed by atoms with Crippen molar-refractivity contribution in [1.29, 1.82) is 0 Å². The van der Waals surface area contributed by atoms with Crippen LogP contribution in [0.3, 0.4) is 0 Å². The Morgan fingerprint density at radius 3 is 2.52 bits per heavy atom. The molecule has 11 nitrogen and oxygen atoms in total. The minimum Gasteiger partial charge on any atom is -0.481 e. The molecule has 0 saturated heterocycles. The molecule has 0 fully saturated rings. The second-order valence-electron chi connectivity index (χ2n) is 7.64. The van der Waals surface area contributed by atoms with Crippen molar-refractivity contribution in [2.75, 3.05) is 5.73 Å². The van der Waals surface area contributed by atoms with Crippen LogP contribution in [0.4, 0.5) is 5.95 Å². The quantitative estimate of drug-likeness (QED) is 0.269. The lowest BCUT2D eigenvalue weighted by molar-refractivity contribution is -0.140. The number of aryl methyl sites for hydroxylation is 2. The Balaban J connectivity index is 1.50. The third-order valence-electron chi connectivity index (χ3n) is 5.22. The Morgan fingerprint density at radius 2 is 1.85 bits per heavy atom. The Morgan fingerprint density at radius 1 is 1.12 bits per heavy atom. The van der Waals surface area contributed by atoms with E-state index in [1.54, 1.807) is 36.5 Å². The zero-order valence-corrected chi connectivity index (χ0v) is 17.8. The highest BCUT2D eigenvalue weighted by atomic mass is 16.4. The monoisotopic (exact) mass is 455 g/mol. The first-order chi connectivity index (χ1) is 15.7. The Labute approximate surface area is 188 Å². The first kappa shape index (κ1) is 23.5. The van der Waals surface area contributed by atoms with Crippen molar-refractivity contribution in [3.8, 4) is 0 Å². The lowest BCUT2D eigenvalue weighted by atomic mass is 10.0. The summed E-state index contributed by atoms with van der Waals surface area (Å²) < 4.78 is 1.84. The summed E-state index contributed by atoms with van der Waals surface area (Å²) in [6.45, 7) is 0.644. The third kappa shape index (κ3) is 6.19. The number of aliphatic carboxylic acids is 2. The van der Waals surface area contributed by atoms with E-state index in [1.807, 2.05) is 4.57 Å². The normalized spacial score (nSPS) is 11.9. The van der Waals surface area contributed by atoms with E-state index >= 15 is 0 Å².